The second-order valence-electron chi connectivity index (χ2n) is 6.25. The van der Waals surface area contributed by atoms with Crippen molar-refractivity contribution < 1.29 is 18.0 Å². The lowest BCUT2D eigenvalue weighted by Gasteiger charge is -2.12. The highest BCUT2D eigenvalue weighted by atomic mass is 35.5. The summed E-state index contributed by atoms with van der Waals surface area (Å²) in [5.74, 6) is -0.655. The van der Waals surface area contributed by atoms with Crippen molar-refractivity contribution in [2.75, 3.05) is 11.1 Å². The number of aryl methyl sites for hydroxylation is 2. The van der Waals surface area contributed by atoms with Gasteiger partial charge in [-0.2, -0.15) is 13.2 Å². The lowest BCUT2D eigenvalue weighted by atomic mass is 10.2. The van der Waals surface area contributed by atoms with E-state index in [4.69, 9.17) is 11.6 Å². The van der Waals surface area contributed by atoms with E-state index in [0.29, 0.717) is 15.4 Å². The van der Waals surface area contributed by atoms with Crippen molar-refractivity contribution in [1.82, 2.24) is 9.55 Å². The Morgan fingerprint density at radius 1 is 1.34 bits per heavy atom. The summed E-state index contributed by atoms with van der Waals surface area (Å²) >= 11 is 8.00. The van der Waals surface area contributed by atoms with Crippen LogP contribution in [0.5, 0.6) is 0 Å². The van der Waals surface area contributed by atoms with Crippen LogP contribution in [0.25, 0.3) is 10.2 Å². The number of carbonyl (C=O) groups excluding carboxylic acids is 1. The fourth-order valence-electron chi connectivity index (χ4n) is 2.63. The smallest absolute Gasteiger partial charge is 0.325 e. The summed E-state index contributed by atoms with van der Waals surface area (Å²) in [4.78, 5) is 30.8. The van der Waals surface area contributed by atoms with Crippen molar-refractivity contribution >= 4 is 56.5 Å². The monoisotopic (exact) mass is 461 g/mol. The number of thioether (sulfide) groups is 1. The van der Waals surface area contributed by atoms with Gasteiger partial charge in [0.15, 0.2) is 5.16 Å². The predicted octanol–water partition coefficient (Wildman–Crippen LogP) is 5.01. The zero-order valence-electron chi connectivity index (χ0n) is 15.5. The molecule has 1 aromatic carbocycles. The highest BCUT2D eigenvalue weighted by Gasteiger charge is 2.33. The zero-order valence-corrected chi connectivity index (χ0v) is 17.9. The highest BCUT2D eigenvalue weighted by molar-refractivity contribution is 7.99. The lowest BCUT2D eigenvalue weighted by Crippen LogP contribution is -2.21. The second-order valence-corrected chi connectivity index (χ2v) is 8.80. The molecule has 5 nitrogen and oxygen atoms in total. The van der Waals surface area contributed by atoms with Crippen LogP contribution in [0, 0.1) is 13.8 Å². The molecule has 3 rings (SSSR count). The van der Waals surface area contributed by atoms with E-state index in [1.807, 2.05) is 13.8 Å². The van der Waals surface area contributed by atoms with E-state index >= 15 is 0 Å². The van der Waals surface area contributed by atoms with Gasteiger partial charge < -0.3 is 5.32 Å². The molecule has 2 aromatic heterocycles. The van der Waals surface area contributed by atoms with Gasteiger partial charge in [0.05, 0.1) is 21.7 Å². The van der Waals surface area contributed by atoms with Gasteiger partial charge in [0, 0.05) is 17.6 Å². The summed E-state index contributed by atoms with van der Waals surface area (Å²) in [6, 6.07) is 3.15. The number of rotatable bonds is 4. The molecule has 1 N–H and O–H groups in total. The van der Waals surface area contributed by atoms with Crippen molar-refractivity contribution in [3.63, 3.8) is 0 Å². The summed E-state index contributed by atoms with van der Waals surface area (Å²) in [5.41, 5.74) is -0.362. The number of nitrogens with one attached hydrogen (secondary N) is 1. The molecule has 154 valence electrons. The molecule has 0 fully saturated rings. The Bertz CT molecular complexity index is 1170. The molecule has 0 saturated heterocycles. The summed E-state index contributed by atoms with van der Waals surface area (Å²) in [7, 11) is 1.57. The third-order valence-electron chi connectivity index (χ3n) is 4.26. The number of halogens is 4. The minimum Gasteiger partial charge on any atom is -0.325 e. The Balaban J connectivity index is 1.77. The molecule has 0 spiro atoms. The minimum atomic E-state index is -4.62. The molecule has 11 heteroatoms. The van der Waals surface area contributed by atoms with E-state index in [-0.39, 0.29) is 17.0 Å². The third kappa shape index (κ3) is 4.44. The van der Waals surface area contributed by atoms with Gasteiger partial charge in [-0.25, -0.2) is 4.98 Å². The first-order valence-electron chi connectivity index (χ1n) is 8.25. The number of hydrogen-bond donors (Lipinski definition) is 1. The number of benzene rings is 1. The SMILES string of the molecule is Cc1sc2nc(SCC(=O)Nc3ccc(Cl)c(C(F)(F)F)c3)n(C)c(=O)c2c1C. The van der Waals surface area contributed by atoms with Crippen LogP contribution < -0.4 is 10.9 Å². The van der Waals surface area contributed by atoms with Crippen LogP contribution in [0.15, 0.2) is 28.2 Å². The number of carbonyl (C=O) groups is 1. The standard InChI is InChI=1S/C18H15ClF3N3O2S2/c1-8-9(2)29-15-14(8)16(27)25(3)17(24-15)28-7-13(26)23-10-4-5-12(19)11(6-10)18(20,21)22/h4-6H,7H2,1-3H3,(H,23,26). The molecule has 2 heterocycles. The maximum Gasteiger partial charge on any atom is 0.417 e. The number of nitrogens with zero attached hydrogens (tertiary/aromatic N) is 2. The topological polar surface area (TPSA) is 64.0 Å². The minimum absolute atomic E-state index is 0.0193. The number of amides is 1. The molecule has 0 saturated carbocycles. The highest BCUT2D eigenvalue weighted by Crippen LogP contribution is 2.36. The van der Waals surface area contributed by atoms with Crippen molar-refractivity contribution in [1.29, 1.82) is 0 Å². The Morgan fingerprint density at radius 3 is 2.69 bits per heavy atom. The average molecular weight is 462 g/mol. The third-order valence-corrected chi connectivity index (χ3v) is 6.72. The molecular weight excluding hydrogens is 447 g/mol. The molecule has 0 aliphatic carbocycles. The number of hydrogen-bond acceptors (Lipinski definition) is 5. The molecule has 3 aromatic rings. The molecule has 0 bridgehead atoms. The van der Waals surface area contributed by atoms with Gasteiger partial charge in [-0.15, -0.1) is 11.3 Å². The van der Waals surface area contributed by atoms with Crippen LogP contribution in [0.2, 0.25) is 5.02 Å². The molecule has 29 heavy (non-hydrogen) atoms. The quantitative estimate of drug-likeness (QED) is 0.438. The van der Waals surface area contributed by atoms with Crippen molar-refractivity contribution in [3.05, 3.63) is 49.6 Å². The number of aromatic nitrogens is 2. The predicted molar refractivity (Wildman–Crippen MR) is 110 cm³/mol. The van der Waals surface area contributed by atoms with Crippen LogP contribution >= 0.6 is 34.7 Å². The van der Waals surface area contributed by atoms with Crippen molar-refractivity contribution in [2.45, 2.75) is 25.2 Å². The number of anilines is 1. The van der Waals surface area contributed by atoms with Gasteiger partial charge in [-0.1, -0.05) is 23.4 Å². The van der Waals surface area contributed by atoms with E-state index in [1.54, 1.807) is 7.05 Å². The lowest BCUT2D eigenvalue weighted by molar-refractivity contribution is -0.137. The van der Waals surface area contributed by atoms with Crippen LogP contribution in [-0.4, -0.2) is 21.2 Å². The van der Waals surface area contributed by atoms with E-state index in [1.165, 1.54) is 22.0 Å². The number of alkyl halides is 3. The first-order valence-corrected chi connectivity index (χ1v) is 10.4. The molecule has 0 unspecified atom stereocenters. The number of fused-ring (bicyclic) bond motifs is 1. The normalized spacial score (nSPS) is 11.8. The van der Waals surface area contributed by atoms with Gasteiger partial charge in [-0.3, -0.25) is 14.2 Å². The van der Waals surface area contributed by atoms with Crippen LogP contribution in [0.4, 0.5) is 18.9 Å². The first-order chi connectivity index (χ1) is 13.5. The molecule has 0 atom stereocenters. The Labute approximate surface area is 176 Å². The van der Waals surface area contributed by atoms with Gasteiger partial charge in [0.2, 0.25) is 5.91 Å². The summed E-state index contributed by atoms with van der Waals surface area (Å²) in [6.07, 6.45) is -4.62. The van der Waals surface area contributed by atoms with Gasteiger partial charge >= 0.3 is 6.18 Å². The summed E-state index contributed by atoms with van der Waals surface area (Å²) in [5, 5.41) is 2.87. The second kappa shape index (κ2) is 8.00. The van der Waals surface area contributed by atoms with Crippen molar-refractivity contribution in [3.8, 4) is 0 Å². The van der Waals surface area contributed by atoms with Crippen molar-refractivity contribution in [2.24, 2.45) is 7.05 Å². The molecule has 1 amide bonds. The molecule has 0 aliphatic heterocycles. The Morgan fingerprint density at radius 2 is 2.03 bits per heavy atom. The fourth-order valence-corrected chi connectivity index (χ4v) is 4.70. The Kier molecular flexibility index (Phi) is 5.98. The van der Waals surface area contributed by atoms with Gasteiger partial charge in [-0.05, 0) is 37.6 Å². The van der Waals surface area contributed by atoms with E-state index in [0.717, 1.165) is 34.3 Å². The van der Waals surface area contributed by atoms with E-state index < -0.39 is 22.7 Å². The molecular formula is C18H15ClF3N3O2S2. The van der Waals surface area contributed by atoms with Gasteiger partial charge in [0.1, 0.15) is 4.83 Å². The maximum absolute atomic E-state index is 12.9. The Hall–Kier alpha value is -2.04. The van der Waals surface area contributed by atoms with Crippen LogP contribution in [0.3, 0.4) is 0 Å². The first kappa shape index (κ1) is 21.7. The number of thiophene rings is 1. The van der Waals surface area contributed by atoms with Crippen LogP contribution in [0.1, 0.15) is 16.0 Å². The fraction of sp³-hybridized carbons (Fsp3) is 0.278. The average Bonchev–Trinajstić information content (AvgIpc) is 2.91. The molecule has 0 aliphatic rings. The van der Waals surface area contributed by atoms with E-state index in [9.17, 15) is 22.8 Å². The zero-order chi connectivity index (χ0) is 21.5. The van der Waals surface area contributed by atoms with E-state index in [2.05, 4.69) is 10.3 Å². The molecule has 0 radical (unpaired) electrons. The summed E-state index contributed by atoms with van der Waals surface area (Å²) in [6.45, 7) is 3.77. The maximum atomic E-state index is 12.9. The van der Waals surface area contributed by atoms with Crippen LogP contribution in [-0.2, 0) is 18.0 Å². The van der Waals surface area contributed by atoms with Gasteiger partial charge in [0.25, 0.3) is 5.56 Å². The largest absolute Gasteiger partial charge is 0.417 e. The summed E-state index contributed by atoms with van der Waals surface area (Å²) < 4.78 is 40.2.